The summed E-state index contributed by atoms with van der Waals surface area (Å²) in [6.07, 6.45) is 0. The molecule has 5 heteroatoms. The molecule has 2 N–H and O–H groups in total. The third-order valence-electron chi connectivity index (χ3n) is 2.23. The van der Waals surface area contributed by atoms with E-state index in [4.69, 9.17) is 21.9 Å². The molecule has 1 aromatic heterocycles. The molecule has 0 aliphatic rings. The lowest BCUT2D eigenvalue weighted by atomic mass is 10.1. The van der Waals surface area contributed by atoms with Gasteiger partial charge in [-0.1, -0.05) is 28.9 Å². The normalized spacial score (nSPS) is 10.4. The Labute approximate surface area is 97.0 Å². The van der Waals surface area contributed by atoms with Crippen molar-refractivity contribution in [2.24, 2.45) is 5.73 Å². The van der Waals surface area contributed by atoms with E-state index in [1.165, 1.54) is 0 Å². The van der Waals surface area contributed by atoms with Gasteiger partial charge in [-0.2, -0.15) is 0 Å². The van der Waals surface area contributed by atoms with Crippen molar-refractivity contribution in [2.75, 3.05) is 0 Å². The van der Waals surface area contributed by atoms with Gasteiger partial charge in [-0.3, -0.25) is 4.79 Å². The molecule has 16 heavy (non-hydrogen) atoms. The minimum absolute atomic E-state index is 0.271. The zero-order valence-electron chi connectivity index (χ0n) is 8.53. The Kier molecular flexibility index (Phi) is 2.66. The smallest absolute Gasteiger partial charge is 0.254 e. The van der Waals surface area contributed by atoms with Crippen LogP contribution in [0.25, 0.3) is 11.3 Å². The Hall–Kier alpha value is -1.81. The first-order valence-electron chi connectivity index (χ1n) is 4.62. The van der Waals surface area contributed by atoms with Crippen molar-refractivity contribution in [1.29, 1.82) is 0 Å². The highest BCUT2D eigenvalue weighted by Gasteiger charge is 2.20. The molecular weight excluding hydrogens is 228 g/mol. The first-order valence-corrected chi connectivity index (χ1v) is 5.00. The van der Waals surface area contributed by atoms with E-state index in [1.54, 1.807) is 31.2 Å². The first kappa shape index (κ1) is 10.7. The molecule has 0 radical (unpaired) electrons. The third kappa shape index (κ3) is 1.67. The molecule has 0 aliphatic heterocycles. The SMILES string of the molecule is Cc1noc(-c2ccccc2Cl)c1C(N)=O. The number of nitrogens with zero attached hydrogens (tertiary/aromatic N) is 1. The van der Waals surface area contributed by atoms with Crippen LogP contribution in [0.3, 0.4) is 0 Å². The minimum atomic E-state index is -0.575. The molecule has 2 rings (SSSR count). The summed E-state index contributed by atoms with van der Waals surface area (Å²) in [5.74, 6) is -0.260. The van der Waals surface area contributed by atoms with Crippen LogP contribution in [0.15, 0.2) is 28.8 Å². The summed E-state index contributed by atoms with van der Waals surface area (Å²) < 4.78 is 5.09. The Morgan fingerprint density at radius 2 is 2.12 bits per heavy atom. The number of hydrogen-bond donors (Lipinski definition) is 1. The van der Waals surface area contributed by atoms with Crippen molar-refractivity contribution >= 4 is 17.5 Å². The Balaban J connectivity index is 2.66. The fourth-order valence-corrected chi connectivity index (χ4v) is 1.71. The predicted molar refractivity (Wildman–Crippen MR) is 60.2 cm³/mol. The van der Waals surface area contributed by atoms with Gasteiger partial charge >= 0.3 is 0 Å². The van der Waals surface area contributed by atoms with E-state index >= 15 is 0 Å². The van der Waals surface area contributed by atoms with Crippen molar-refractivity contribution in [2.45, 2.75) is 6.92 Å². The topological polar surface area (TPSA) is 69.1 Å². The number of benzene rings is 1. The van der Waals surface area contributed by atoms with Crippen LogP contribution in [-0.2, 0) is 0 Å². The average Bonchev–Trinajstić information content (AvgIpc) is 2.61. The Morgan fingerprint density at radius 3 is 2.75 bits per heavy atom. The van der Waals surface area contributed by atoms with Crippen LogP contribution in [0.1, 0.15) is 16.1 Å². The highest BCUT2D eigenvalue weighted by molar-refractivity contribution is 6.33. The van der Waals surface area contributed by atoms with Gasteiger partial charge < -0.3 is 10.3 Å². The van der Waals surface area contributed by atoms with Crippen LogP contribution < -0.4 is 5.73 Å². The molecule has 0 aliphatic carbocycles. The molecule has 1 heterocycles. The number of aryl methyl sites for hydroxylation is 1. The van der Waals surface area contributed by atoms with Crippen molar-refractivity contribution < 1.29 is 9.32 Å². The van der Waals surface area contributed by atoms with Crippen LogP contribution in [0.4, 0.5) is 0 Å². The molecule has 0 saturated heterocycles. The molecule has 2 aromatic rings. The van der Waals surface area contributed by atoms with Crippen LogP contribution in [0, 0.1) is 6.92 Å². The van der Waals surface area contributed by atoms with E-state index in [0.717, 1.165) is 0 Å². The summed E-state index contributed by atoms with van der Waals surface area (Å²) in [6, 6.07) is 7.04. The van der Waals surface area contributed by atoms with Crippen molar-refractivity contribution in [3.63, 3.8) is 0 Å². The van der Waals surface area contributed by atoms with E-state index in [9.17, 15) is 4.79 Å². The number of amides is 1. The maximum Gasteiger partial charge on any atom is 0.254 e. The van der Waals surface area contributed by atoms with Crippen molar-refractivity contribution in [3.8, 4) is 11.3 Å². The maximum atomic E-state index is 11.3. The fourth-order valence-electron chi connectivity index (χ4n) is 1.49. The lowest BCUT2D eigenvalue weighted by Gasteiger charge is -2.00. The third-order valence-corrected chi connectivity index (χ3v) is 2.56. The molecule has 0 spiro atoms. The van der Waals surface area contributed by atoms with Crippen LogP contribution in [-0.4, -0.2) is 11.1 Å². The molecule has 0 atom stereocenters. The molecule has 82 valence electrons. The number of halogens is 1. The molecule has 0 fully saturated rings. The number of rotatable bonds is 2. The summed E-state index contributed by atoms with van der Waals surface area (Å²) in [7, 11) is 0. The first-order chi connectivity index (χ1) is 7.61. The number of nitrogens with two attached hydrogens (primary N) is 1. The second kappa shape index (κ2) is 3.98. The van der Waals surface area contributed by atoms with Gasteiger partial charge in [-0.25, -0.2) is 0 Å². The summed E-state index contributed by atoms with van der Waals surface area (Å²) in [6.45, 7) is 1.66. The van der Waals surface area contributed by atoms with Gasteiger partial charge in [0.25, 0.3) is 5.91 Å². The summed E-state index contributed by atoms with van der Waals surface area (Å²) in [5, 5.41) is 4.21. The van der Waals surface area contributed by atoms with Gasteiger partial charge in [-0.15, -0.1) is 0 Å². The number of carbonyl (C=O) groups excluding carboxylic acids is 1. The second-order valence-corrected chi connectivity index (χ2v) is 3.72. The van der Waals surface area contributed by atoms with Gasteiger partial charge in [0.2, 0.25) is 0 Å². The van der Waals surface area contributed by atoms with Crippen LogP contribution >= 0.6 is 11.6 Å². The van der Waals surface area contributed by atoms with E-state index in [1.807, 2.05) is 0 Å². The Morgan fingerprint density at radius 1 is 1.44 bits per heavy atom. The van der Waals surface area contributed by atoms with E-state index in [0.29, 0.717) is 22.0 Å². The second-order valence-electron chi connectivity index (χ2n) is 3.32. The number of carbonyl (C=O) groups is 1. The molecular formula is C11H9ClN2O2. The molecule has 1 aromatic carbocycles. The van der Waals surface area contributed by atoms with Crippen LogP contribution in [0.2, 0.25) is 5.02 Å². The highest BCUT2D eigenvalue weighted by Crippen LogP contribution is 2.31. The van der Waals surface area contributed by atoms with Gasteiger partial charge in [-0.05, 0) is 19.1 Å². The lowest BCUT2D eigenvalue weighted by Crippen LogP contribution is -2.12. The van der Waals surface area contributed by atoms with E-state index < -0.39 is 5.91 Å². The van der Waals surface area contributed by atoms with Gasteiger partial charge in [0.15, 0.2) is 5.76 Å². The quantitative estimate of drug-likeness (QED) is 0.871. The highest BCUT2D eigenvalue weighted by atomic mass is 35.5. The monoisotopic (exact) mass is 236 g/mol. The largest absolute Gasteiger partial charge is 0.365 e. The molecule has 0 saturated carbocycles. The summed E-state index contributed by atoms with van der Waals surface area (Å²) >= 11 is 6.00. The number of aromatic nitrogens is 1. The molecule has 0 bridgehead atoms. The minimum Gasteiger partial charge on any atom is -0.365 e. The number of hydrogen-bond acceptors (Lipinski definition) is 3. The zero-order valence-corrected chi connectivity index (χ0v) is 9.28. The van der Waals surface area contributed by atoms with Gasteiger partial charge in [0, 0.05) is 5.56 Å². The van der Waals surface area contributed by atoms with Crippen molar-refractivity contribution in [3.05, 3.63) is 40.5 Å². The Bertz CT molecular complexity index is 549. The standard InChI is InChI=1S/C11H9ClN2O2/c1-6-9(11(13)15)10(16-14-6)7-4-2-3-5-8(7)12/h2-5H,1H3,(H2,13,15). The summed E-state index contributed by atoms with van der Waals surface area (Å²) in [5.41, 5.74) is 6.61. The zero-order chi connectivity index (χ0) is 11.7. The predicted octanol–water partition coefficient (Wildman–Crippen LogP) is 2.40. The number of primary amides is 1. The average molecular weight is 237 g/mol. The van der Waals surface area contributed by atoms with Gasteiger partial charge in [0.1, 0.15) is 5.56 Å². The molecule has 0 unspecified atom stereocenters. The lowest BCUT2D eigenvalue weighted by molar-refractivity contribution is 0.1000. The van der Waals surface area contributed by atoms with E-state index in [-0.39, 0.29) is 5.56 Å². The van der Waals surface area contributed by atoms with E-state index in [2.05, 4.69) is 5.16 Å². The maximum absolute atomic E-state index is 11.3. The van der Waals surface area contributed by atoms with Gasteiger partial charge in [0.05, 0.1) is 10.7 Å². The van der Waals surface area contributed by atoms with Crippen LogP contribution in [0.5, 0.6) is 0 Å². The fraction of sp³-hybridized carbons (Fsp3) is 0.0909. The molecule has 4 nitrogen and oxygen atoms in total. The van der Waals surface area contributed by atoms with Crippen molar-refractivity contribution in [1.82, 2.24) is 5.16 Å². The summed E-state index contributed by atoms with van der Waals surface area (Å²) in [4.78, 5) is 11.3. The molecule has 1 amide bonds.